The van der Waals surface area contributed by atoms with Crippen LogP contribution in [0.5, 0.6) is 0 Å². The number of rotatable bonds is 1. The van der Waals surface area contributed by atoms with Gasteiger partial charge in [0, 0.05) is 0 Å². The summed E-state index contributed by atoms with van der Waals surface area (Å²) in [4.78, 5) is 10.9. The third-order valence-electron chi connectivity index (χ3n) is 2.40. The summed E-state index contributed by atoms with van der Waals surface area (Å²) in [5.74, 6) is -1.22. The minimum atomic E-state index is -0.774. The molecule has 0 bridgehead atoms. The number of fused-ring (bicyclic) bond motifs is 1. The molecule has 13 heavy (non-hydrogen) atoms. The minimum Gasteiger partial charge on any atom is -0.481 e. The molecule has 1 N–H and O–H groups in total. The van der Waals surface area contributed by atoms with Crippen molar-refractivity contribution in [2.24, 2.45) is 0 Å². The highest BCUT2D eigenvalue weighted by molar-refractivity contribution is 5.88. The van der Waals surface area contributed by atoms with Gasteiger partial charge in [-0.25, -0.2) is 0 Å². The molecule has 1 aromatic rings. The van der Waals surface area contributed by atoms with Crippen LogP contribution in [-0.2, 0) is 4.79 Å². The van der Waals surface area contributed by atoms with Gasteiger partial charge < -0.3 is 5.11 Å². The maximum absolute atomic E-state index is 10.9. The average molecular weight is 174 g/mol. The van der Waals surface area contributed by atoms with Gasteiger partial charge in [-0.05, 0) is 23.6 Å². The molecule has 0 heterocycles. The summed E-state index contributed by atoms with van der Waals surface area (Å²) in [6.45, 7) is 1.95. The van der Waals surface area contributed by atoms with Crippen molar-refractivity contribution in [2.75, 3.05) is 0 Å². The van der Waals surface area contributed by atoms with Crippen molar-refractivity contribution < 1.29 is 9.90 Å². The molecule has 1 aliphatic carbocycles. The molecular weight excluding hydrogens is 164 g/mol. The lowest BCUT2D eigenvalue weighted by atomic mass is 10.0. The lowest BCUT2D eigenvalue weighted by Crippen LogP contribution is -2.06. The zero-order valence-corrected chi connectivity index (χ0v) is 7.32. The fourth-order valence-electron chi connectivity index (χ4n) is 1.76. The highest BCUT2D eigenvalue weighted by Gasteiger charge is 2.25. The molecule has 0 spiro atoms. The van der Waals surface area contributed by atoms with Gasteiger partial charge in [0.15, 0.2) is 0 Å². The standard InChI is InChI=1S/C11H10O2/c1-7-6-10(11(12)13)9-5-3-2-4-8(7)9/h2-6,10H,1H3,(H,12,13)/t10-/m0/s1. The van der Waals surface area contributed by atoms with Gasteiger partial charge in [-0.1, -0.05) is 30.3 Å². The van der Waals surface area contributed by atoms with Crippen molar-refractivity contribution in [1.29, 1.82) is 0 Å². The van der Waals surface area contributed by atoms with Crippen LogP contribution >= 0.6 is 0 Å². The quantitative estimate of drug-likeness (QED) is 0.709. The Labute approximate surface area is 76.5 Å². The molecule has 0 aromatic heterocycles. The number of allylic oxidation sites excluding steroid dienone is 1. The predicted octanol–water partition coefficient (Wildman–Crippen LogP) is 2.27. The first-order valence-electron chi connectivity index (χ1n) is 4.20. The van der Waals surface area contributed by atoms with Gasteiger partial charge >= 0.3 is 5.97 Å². The van der Waals surface area contributed by atoms with Crippen LogP contribution in [0.25, 0.3) is 5.57 Å². The van der Waals surface area contributed by atoms with Gasteiger partial charge in [0.1, 0.15) is 5.92 Å². The van der Waals surface area contributed by atoms with E-state index in [0.29, 0.717) is 0 Å². The van der Waals surface area contributed by atoms with Gasteiger partial charge in [-0.15, -0.1) is 0 Å². The molecule has 0 saturated carbocycles. The predicted molar refractivity (Wildman–Crippen MR) is 50.5 cm³/mol. The van der Waals surface area contributed by atoms with Crippen molar-refractivity contribution >= 4 is 11.5 Å². The van der Waals surface area contributed by atoms with Gasteiger partial charge in [0.05, 0.1) is 0 Å². The van der Waals surface area contributed by atoms with Crippen LogP contribution in [0.15, 0.2) is 30.3 Å². The maximum Gasteiger partial charge on any atom is 0.314 e. The third-order valence-corrected chi connectivity index (χ3v) is 2.40. The molecule has 0 unspecified atom stereocenters. The van der Waals surface area contributed by atoms with Gasteiger partial charge in [0.2, 0.25) is 0 Å². The van der Waals surface area contributed by atoms with E-state index in [2.05, 4.69) is 0 Å². The molecule has 2 nitrogen and oxygen atoms in total. The van der Waals surface area contributed by atoms with Crippen LogP contribution in [-0.4, -0.2) is 11.1 Å². The number of carboxylic acids is 1. The average Bonchev–Trinajstić information content (AvgIpc) is 2.45. The number of carboxylic acid groups (broad SMARTS) is 1. The number of benzene rings is 1. The van der Waals surface area contributed by atoms with E-state index in [1.165, 1.54) is 0 Å². The summed E-state index contributed by atoms with van der Waals surface area (Å²) in [5, 5.41) is 8.93. The molecule has 0 saturated heterocycles. The molecule has 0 fully saturated rings. The highest BCUT2D eigenvalue weighted by atomic mass is 16.4. The molecule has 0 aliphatic heterocycles. The lowest BCUT2D eigenvalue weighted by molar-refractivity contribution is -0.137. The lowest BCUT2D eigenvalue weighted by Gasteiger charge is -2.04. The van der Waals surface area contributed by atoms with E-state index >= 15 is 0 Å². The SMILES string of the molecule is CC1=C[C@H](C(=O)O)c2ccccc21. The van der Waals surface area contributed by atoms with Crippen LogP contribution in [0.4, 0.5) is 0 Å². The molecular formula is C11H10O2. The second-order valence-corrected chi connectivity index (χ2v) is 3.25. The molecule has 1 atom stereocenters. The molecule has 2 heteroatoms. The Morgan fingerprint density at radius 3 is 2.77 bits per heavy atom. The normalized spacial score (nSPS) is 19.5. The minimum absolute atomic E-state index is 0.448. The van der Waals surface area contributed by atoms with Crippen LogP contribution in [0.3, 0.4) is 0 Å². The van der Waals surface area contributed by atoms with E-state index < -0.39 is 11.9 Å². The number of aliphatic carboxylic acids is 1. The van der Waals surface area contributed by atoms with Gasteiger partial charge in [-0.2, -0.15) is 0 Å². The second-order valence-electron chi connectivity index (χ2n) is 3.25. The second kappa shape index (κ2) is 2.73. The van der Waals surface area contributed by atoms with Crippen LogP contribution in [0.1, 0.15) is 24.0 Å². The first-order valence-corrected chi connectivity index (χ1v) is 4.20. The van der Waals surface area contributed by atoms with Crippen molar-refractivity contribution in [2.45, 2.75) is 12.8 Å². The van der Waals surface area contributed by atoms with E-state index in [9.17, 15) is 4.79 Å². The number of carbonyl (C=O) groups is 1. The summed E-state index contributed by atoms with van der Waals surface area (Å²) in [7, 11) is 0. The number of hydrogen-bond acceptors (Lipinski definition) is 1. The molecule has 66 valence electrons. The van der Waals surface area contributed by atoms with Crippen LogP contribution in [0.2, 0.25) is 0 Å². The van der Waals surface area contributed by atoms with Crippen molar-refractivity contribution in [3.63, 3.8) is 0 Å². The smallest absolute Gasteiger partial charge is 0.314 e. The number of hydrogen-bond donors (Lipinski definition) is 1. The molecule has 0 radical (unpaired) electrons. The largest absolute Gasteiger partial charge is 0.481 e. The van der Waals surface area contributed by atoms with Gasteiger partial charge in [-0.3, -0.25) is 4.79 Å². The fraction of sp³-hybridized carbons (Fsp3) is 0.182. The fourth-order valence-corrected chi connectivity index (χ4v) is 1.76. The molecule has 1 aliphatic rings. The van der Waals surface area contributed by atoms with Crippen LogP contribution < -0.4 is 0 Å². The Kier molecular flexibility index (Phi) is 1.69. The van der Waals surface area contributed by atoms with E-state index in [1.54, 1.807) is 6.08 Å². The first kappa shape index (κ1) is 8.05. The summed E-state index contributed by atoms with van der Waals surface area (Å²) >= 11 is 0. The Morgan fingerprint density at radius 2 is 2.08 bits per heavy atom. The van der Waals surface area contributed by atoms with Gasteiger partial charge in [0.25, 0.3) is 0 Å². The van der Waals surface area contributed by atoms with Crippen molar-refractivity contribution in [3.8, 4) is 0 Å². The maximum atomic E-state index is 10.9. The van der Waals surface area contributed by atoms with Crippen molar-refractivity contribution in [3.05, 3.63) is 41.5 Å². The summed E-state index contributed by atoms with van der Waals surface area (Å²) in [6, 6.07) is 7.65. The summed E-state index contributed by atoms with van der Waals surface area (Å²) in [6.07, 6.45) is 1.80. The van der Waals surface area contributed by atoms with E-state index in [4.69, 9.17) is 5.11 Å². The zero-order chi connectivity index (χ0) is 9.42. The third kappa shape index (κ3) is 1.15. The zero-order valence-electron chi connectivity index (χ0n) is 7.32. The Hall–Kier alpha value is -1.57. The molecule has 0 amide bonds. The topological polar surface area (TPSA) is 37.3 Å². The summed E-state index contributed by atoms with van der Waals surface area (Å²) in [5.41, 5.74) is 3.03. The summed E-state index contributed by atoms with van der Waals surface area (Å²) < 4.78 is 0. The monoisotopic (exact) mass is 174 g/mol. The highest BCUT2D eigenvalue weighted by Crippen LogP contribution is 2.35. The van der Waals surface area contributed by atoms with Crippen molar-refractivity contribution in [1.82, 2.24) is 0 Å². The van der Waals surface area contributed by atoms with E-state index in [-0.39, 0.29) is 0 Å². The van der Waals surface area contributed by atoms with Crippen LogP contribution in [0, 0.1) is 0 Å². The Balaban J connectivity index is 2.56. The molecule has 2 rings (SSSR count). The Morgan fingerprint density at radius 1 is 1.38 bits per heavy atom. The first-order chi connectivity index (χ1) is 6.20. The van der Waals surface area contributed by atoms with E-state index in [0.717, 1.165) is 16.7 Å². The Bertz CT molecular complexity index is 391. The molecule has 1 aromatic carbocycles. The van der Waals surface area contributed by atoms with E-state index in [1.807, 2.05) is 31.2 Å².